The molecule has 0 aromatic carbocycles. The fourth-order valence-electron chi connectivity index (χ4n) is 1.58. The lowest BCUT2D eigenvalue weighted by molar-refractivity contribution is 0.102. The zero-order valence-corrected chi connectivity index (χ0v) is 11.7. The first-order chi connectivity index (χ1) is 10.2. The molecule has 0 bridgehead atoms. The van der Waals surface area contributed by atoms with E-state index in [-0.39, 0.29) is 23.4 Å². The minimum absolute atomic E-state index is 0.0737. The summed E-state index contributed by atoms with van der Waals surface area (Å²) < 4.78 is 11.7. The highest BCUT2D eigenvalue weighted by Crippen LogP contribution is 2.17. The molecule has 1 amide bonds. The number of anilines is 1. The maximum absolute atomic E-state index is 12.1. The van der Waals surface area contributed by atoms with Gasteiger partial charge in [-0.25, -0.2) is 4.98 Å². The molecule has 0 unspecified atom stereocenters. The number of hydrogen-bond acceptors (Lipinski definition) is 7. The molecule has 3 N–H and O–H groups in total. The van der Waals surface area contributed by atoms with Gasteiger partial charge in [0.25, 0.3) is 5.91 Å². The van der Waals surface area contributed by atoms with Crippen molar-refractivity contribution in [1.82, 2.24) is 19.5 Å². The van der Waals surface area contributed by atoms with Crippen molar-refractivity contribution in [3.8, 4) is 11.8 Å². The van der Waals surface area contributed by atoms with E-state index in [1.807, 2.05) is 0 Å². The molecular weight excluding hydrogens is 276 g/mol. The van der Waals surface area contributed by atoms with E-state index in [9.17, 15) is 4.79 Å². The number of rotatable bonds is 6. The van der Waals surface area contributed by atoms with Gasteiger partial charge < -0.3 is 19.8 Å². The minimum Gasteiger partial charge on any atom is -0.481 e. The summed E-state index contributed by atoms with van der Waals surface area (Å²) in [6, 6.07) is 1.51. The van der Waals surface area contributed by atoms with Crippen LogP contribution in [0.15, 0.2) is 18.6 Å². The third-order valence-corrected chi connectivity index (χ3v) is 2.58. The average molecular weight is 292 g/mol. The van der Waals surface area contributed by atoms with Crippen LogP contribution in [0.5, 0.6) is 11.8 Å². The van der Waals surface area contributed by atoms with Gasteiger partial charge in [-0.2, -0.15) is 9.97 Å². The van der Waals surface area contributed by atoms with Gasteiger partial charge in [-0.15, -0.1) is 0 Å². The second-order valence-electron chi connectivity index (χ2n) is 4.02. The van der Waals surface area contributed by atoms with Crippen LogP contribution in [0.1, 0.15) is 10.5 Å². The lowest BCUT2D eigenvalue weighted by atomic mass is 10.4. The topological polar surface area (TPSA) is 117 Å². The van der Waals surface area contributed by atoms with Gasteiger partial charge in [0, 0.05) is 19.3 Å². The van der Waals surface area contributed by atoms with E-state index >= 15 is 0 Å². The minimum atomic E-state index is -0.430. The summed E-state index contributed by atoms with van der Waals surface area (Å²) >= 11 is 0. The number of nitrogens with one attached hydrogen (secondary N) is 1. The van der Waals surface area contributed by atoms with E-state index in [0.717, 1.165) is 0 Å². The predicted octanol–water partition coefficient (Wildman–Crippen LogP) is -0.0987. The summed E-state index contributed by atoms with van der Waals surface area (Å²) in [5.41, 5.74) is 5.68. The summed E-state index contributed by atoms with van der Waals surface area (Å²) in [5, 5.41) is 2.53. The van der Waals surface area contributed by atoms with Crippen LogP contribution in [0.2, 0.25) is 0 Å². The van der Waals surface area contributed by atoms with Crippen molar-refractivity contribution in [1.29, 1.82) is 0 Å². The molecule has 0 saturated heterocycles. The number of carbonyl (C=O) groups is 1. The number of imidazole rings is 1. The van der Waals surface area contributed by atoms with E-state index in [4.69, 9.17) is 15.2 Å². The van der Waals surface area contributed by atoms with Gasteiger partial charge in [0.1, 0.15) is 5.69 Å². The van der Waals surface area contributed by atoms with Gasteiger partial charge in [-0.05, 0) is 0 Å². The van der Waals surface area contributed by atoms with Gasteiger partial charge in [-0.3, -0.25) is 10.1 Å². The van der Waals surface area contributed by atoms with Crippen molar-refractivity contribution < 1.29 is 14.3 Å². The monoisotopic (exact) mass is 292 g/mol. The lowest BCUT2D eigenvalue weighted by Gasteiger charge is -2.06. The molecule has 2 aromatic heterocycles. The fraction of sp³-hybridized carbons (Fsp3) is 0.333. The largest absolute Gasteiger partial charge is 0.481 e. The number of hydrogen-bond donors (Lipinski definition) is 2. The molecular formula is C12H16N6O3. The normalized spacial score (nSPS) is 10.2. The Bertz CT molecular complexity index is 605. The van der Waals surface area contributed by atoms with Gasteiger partial charge in [0.2, 0.25) is 17.7 Å². The summed E-state index contributed by atoms with van der Waals surface area (Å²) in [6.07, 6.45) is 3.13. The van der Waals surface area contributed by atoms with Crippen molar-refractivity contribution in [3.05, 3.63) is 24.3 Å². The third-order valence-electron chi connectivity index (χ3n) is 2.58. The van der Waals surface area contributed by atoms with Crippen molar-refractivity contribution in [2.45, 2.75) is 6.54 Å². The third kappa shape index (κ3) is 3.66. The zero-order chi connectivity index (χ0) is 15.2. The van der Waals surface area contributed by atoms with Crippen LogP contribution < -0.4 is 20.5 Å². The van der Waals surface area contributed by atoms with Crippen molar-refractivity contribution >= 4 is 11.9 Å². The molecule has 0 atom stereocenters. The van der Waals surface area contributed by atoms with Crippen LogP contribution >= 0.6 is 0 Å². The van der Waals surface area contributed by atoms with E-state index in [1.165, 1.54) is 26.6 Å². The first kappa shape index (κ1) is 14.7. The maximum Gasteiger partial charge on any atom is 0.278 e. The SMILES string of the molecule is COc1cc(OC)nc(NC(=O)c2cn(CCN)cn2)n1. The highest BCUT2D eigenvalue weighted by molar-refractivity contribution is 6.01. The highest BCUT2D eigenvalue weighted by Gasteiger charge is 2.13. The Labute approximate surface area is 121 Å². The van der Waals surface area contributed by atoms with E-state index in [2.05, 4.69) is 20.3 Å². The molecule has 2 rings (SSSR count). The second kappa shape index (κ2) is 6.66. The number of nitrogens with zero attached hydrogens (tertiary/aromatic N) is 4. The van der Waals surface area contributed by atoms with Crippen LogP contribution in [-0.2, 0) is 6.54 Å². The van der Waals surface area contributed by atoms with Gasteiger partial charge >= 0.3 is 0 Å². The van der Waals surface area contributed by atoms with Gasteiger partial charge in [0.05, 0.1) is 26.6 Å². The molecule has 0 fully saturated rings. The summed E-state index contributed by atoms with van der Waals surface area (Å²) in [5.74, 6) is 0.210. The Balaban J connectivity index is 2.14. The average Bonchev–Trinajstić information content (AvgIpc) is 2.96. The number of nitrogens with two attached hydrogens (primary N) is 1. The van der Waals surface area contributed by atoms with Gasteiger partial charge in [-0.1, -0.05) is 0 Å². The molecule has 9 nitrogen and oxygen atoms in total. The van der Waals surface area contributed by atoms with Crippen LogP contribution in [-0.4, -0.2) is 46.2 Å². The molecule has 0 saturated carbocycles. The van der Waals surface area contributed by atoms with Crippen molar-refractivity contribution in [2.75, 3.05) is 26.1 Å². The molecule has 2 aromatic rings. The number of amides is 1. The number of ether oxygens (including phenoxy) is 2. The fourth-order valence-corrected chi connectivity index (χ4v) is 1.58. The molecule has 112 valence electrons. The lowest BCUT2D eigenvalue weighted by Crippen LogP contribution is -2.15. The zero-order valence-electron chi connectivity index (χ0n) is 11.7. The van der Waals surface area contributed by atoms with E-state index in [1.54, 1.807) is 10.8 Å². The first-order valence-corrected chi connectivity index (χ1v) is 6.16. The Hall–Kier alpha value is -2.68. The molecule has 0 aliphatic carbocycles. The molecule has 0 aliphatic rings. The molecule has 0 radical (unpaired) electrons. The second-order valence-corrected chi connectivity index (χ2v) is 4.02. The van der Waals surface area contributed by atoms with Crippen LogP contribution in [0, 0.1) is 0 Å². The summed E-state index contributed by atoms with van der Waals surface area (Å²) in [4.78, 5) is 24.1. The number of aromatic nitrogens is 4. The molecule has 2 heterocycles. The van der Waals surface area contributed by atoms with Crippen LogP contribution in [0.3, 0.4) is 0 Å². The predicted molar refractivity (Wildman–Crippen MR) is 74.4 cm³/mol. The number of carbonyl (C=O) groups excluding carboxylic acids is 1. The Morgan fingerprint density at radius 3 is 2.57 bits per heavy atom. The van der Waals surface area contributed by atoms with Crippen molar-refractivity contribution in [3.63, 3.8) is 0 Å². The number of methoxy groups -OCH3 is 2. The van der Waals surface area contributed by atoms with Gasteiger partial charge in [0.15, 0.2) is 0 Å². The van der Waals surface area contributed by atoms with E-state index in [0.29, 0.717) is 13.1 Å². The summed E-state index contributed by atoms with van der Waals surface area (Å²) in [6.45, 7) is 1.05. The first-order valence-electron chi connectivity index (χ1n) is 6.16. The molecule has 0 aliphatic heterocycles. The van der Waals surface area contributed by atoms with Crippen molar-refractivity contribution in [2.24, 2.45) is 5.73 Å². The quantitative estimate of drug-likeness (QED) is 0.763. The smallest absolute Gasteiger partial charge is 0.278 e. The Morgan fingerprint density at radius 1 is 1.33 bits per heavy atom. The molecule has 9 heteroatoms. The van der Waals surface area contributed by atoms with Crippen LogP contribution in [0.25, 0.3) is 0 Å². The Kier molecular flexibility index (Phi) is 4.67. The van der Waals surface area contributed by atoms with Crippen LogP contribution in [0.4, 0.5) is 5.95 Å². The molecule has 0 spiro atoms. The molecule has 21 heavy (non-hydrogen) atoms. The standard InChI is InChI=1S/C12H16N6O3/c1-20-9-5-10(21-2)16-12(15-9)17-11(19)8-6-18(4-3-13)7-14-8/h5-7H,3-4,13H2,1-2H3,(H,15,16,17,19). The Morgan fingerprint density at radius 2 is 2.00 bits per heavy atom. The highest BCUT2D eigenvalue weighted by atomic mass is 16.5. The maximum atomic E-state index is 12.1. The summed E-state index contributed by atoms with van der Waals surface area (Å²) in [7, 11) is 2.92. The van der Waals surface area contributed by atoms with E-state index < -0.39 is 5.91 Å².